The average molecular weight is 245 g/mol. The maximum absolute atomic E-state index is 4.60. The van der Waals surface area contributed by atoms with Crippen LogP contribution < -0.4 is 0 Å². The summed E-state index contributed by atoms with van der Waals surface area (Å²) < 4.78 is 0. The van der Waals surface area contributed by atoms with E-state index in [2.05, 4.69) is 21.8 Å². The summed E-state index contributed by atoms with van der Waals surface area (Å²) in [5.41, 5.74) is 1.09. The Morgan fingerprint density at radius 1 is 1.17 bits per heavy atom. The Labute approximate surface area is 110 Å². The number of hydrogen-bond donors (Lipinski definition) is 0. The second kappa shape index (κ2) is 5.35. The van der Waals surface area contributed by atoms with Crippen molar-refractivity contribution in [2.45, 2.75) is 57.4 Å². The van der Waals surface area contributed by atoms with Gasteiger partial charge in [0.25, 0.3) is 0 Å². The number of rotatable bonds is 2. The summed E-state index contributed by atoms with van der Waals surface area (Å²) in [4.78, 5) is 11.8. The molecule has 3 nitrogen and oxygen atoms in total. The predicted octanol–water partition coefficient (Wildman–Crippen LogP) is 2.91. The molecule has 0 spiro atoms. The lowest BCUT2D eigenvalue weighted by Crippen LogP contribution is -2.34. The van der Waals surface area contributed by atoms with Gasteiger partial charge < -0.3 is 0 Å². The zero-order valence-electron chi connectivity index (χ0n) is 11.3. The zero-order chi connectivity index (χ0) is 12.4. The smallest absolute Gasteiger partial charge is 0.132 e. The van der Waals surface area contributed by atoms with E-state index in [-0.39, 0.29) is 0 Å². The van der Waals surface area contributed by atoms with E-state index < -0.39 is 0 Å². The lowest BCUT2D eigenvalue weighted by Gasteiger charge is -2.30. The van der Waals surface area contributed by atoms with E-state index in [1.54, 1.807) is 0 Å². The van der Waals surface area contributed by atoms with Crippen molar-refractivity contribution in [3.05, 3.63) is 23.8 Å². The molecule has 0 unspecified atom stereocenters. The summed E-state index contributed by atoms with van der Waals surface area (Å²) in [6.07, 6.45) is 10.2. The topological polar surface area (TPSA) is 29.0 Å². The molecule has 1 saturated heterocycles. The maximum atomic E-state index is 4.60. The highest BCUT2D eigenvalue weighted by molar-refractivity contribution is 5.06. The molecule has 1 aromatic rings. The quantitative estimate of drug-likeness (QED) is 0.802. The number of aryl methyl sites for hydroxylation is 1. The van der Waals surface area contributed by atoms with Crippen LogP contribution in [-0.4, -0.2) is 34.0 Å². The number of likely N-dealkylation sites (tertiary alicyclic amines) is 1. The molecule has 0 aromatic carbocycles. The molecule has 1 atom stereocenters. The SMILES string of the molecule is Cc1ccnc([C@H]2CCN(C3CCCCC3)C2)n1. The fourth-order valence-electron chi connectivity index (χ4n) is 3.44. The summed E-state index contributed by atoms with van der Waals surface area (Å²) in [5.74, 6) is 1.63. The lowest BCUT2D eigenvalue weighted by atomic mass is 9.94. The van der Waals surface area contributed by atoms with Crippen LogP contribution in [0.15, 0.2) is 12.3 Å². The van der Waals surface area contributed by atoms with E-state index in [4.69, 9.17) is 0 Å². The van der Waals surface area contributed by atoms with Crippen molar-refractivity contribution in [3.8, 4) is 0 Å². The van der Waals surface area contributed by atoms with Crippen LogP contribution in [0.3, 0.4) is 0 Å². The highest BCUT2D eigenvalue weighted by Gasteiger charge is 2.31. The largest absolute Gasteiger partial charge is 0.300 e. The van der Waals surface area contributed by atoms with E-state index in [0.717, 1.165) is 17.6 Å². The van der Waals surface area contributed by atoms with Crippen molar-refractivity contribution in [2.24, 2.45) is 0 Å². The van der Waals surface area contributed by atoms with Gasteiger partial charge in [0.1, 0.15) is 5.82 Å². The molecular formula is C15H23N3. The molecule has 3 rings (SSSR count). The Bertz CT molecular complexity index is 398. The van der Waals surface area contributed by atoms with E-state index in [9.17, 15) is 0 Å². The summed E-state index contributed by atoms with van der Waals surface area (Å²) in [5, 5.41) is 0. The second-order valence-corrected chi connectivity index (χ2v) is 5.83. The minimum Gasteiger partial charge on any atom is -0.300 e. The molecule has 2 heterocycles. The van der Waals surface area contributed by atoms with E-state index in [1.165, 1.54) is 51.6 Å². The van der Waals surface area contributed by atoms with E-state index in [0.29, 0.717) is 5.92 Å². The summed E-state index contributed by atoms with van der Waals surface area (Å²) in [6.45, 7) is 4.47. The molecule has 0 N–H and O–H groups in total. The fourth-order valence-corrected chi connectivity index (χ4v) is 3.44. The van der Waals surface area contributed by atoms with Crippen molar-refractivity contribution in [1.82, 2.24) is 14.9 Å². The molecule has 1 saturated carbocycles. The third-order valence-corrected chi connectivity index (χ3v) is 4.49. The van der Waals surface area contributed by atoms with Gasteiger partial charge in [0.15, 0.2) is 0 Å². The molecule has 1 aromatic heterocycles. The minimum absolute atomic E-state index is 0.562. The fraction of sp³-hybridized carbons (Fsp3) is 0.733. The normalized spacial score (nSPS) is 26.6. The van der Waals surface area contributed by atoms with Crippen molar-refractivity contribution >= 4 is 0 Å². The Hall–Kier alpha value is -0.960. The van der Waals surface area contributed by atoms with Gasteiger partial charge in [0, 0.05) is 30.4 Å². The molecule has 2 fully saturated rings. The van der Waals surface area contributed by atoms with Crippen LogP contribution in [-0.2, 0) is 0 Å². The molecule has 2 aliphatic rings. The van der Waals surface area contributed by atoms with Gasteiger partial charge in [-0.15, -0.1) is 0 Å². The maximum Gasteiger partial charge on any atom is 0.132 e. The van der Waals surface area contributed by atoms with Gasteiger partial charge in [-0.1, -0.05) is 19.3 Å². The van der Waals surface area contributed by atoms with Crippen molar-refractivity contribution < 1.29 is 0 Å². The first-order valence-electron chi connectivity index (χ1n) is 7.36. The van der Waals surface area contributed by atoms with Crippen LogP contribution in [0.4, 0.5) is 0 Å². The van der Waals surface area contributed by atoms with E-state index in [1.807, 2.05) is 12.3 Å². The number of nitrogens with zero attached hydrogens (tertiary/aromatic N) is 3. The lowest BCUT2D eigenvalue weighted by molar-refractivity contribution is 0.189. The monoisotopic (exact) mass is 245 g/mol. The van der Waals surface area contributed by atoms with Gasteiger partial charge in [-0.3, -0.25) is 4.90 Å². The standard InChI is InChI=1S/C15H23N3/c1-12-7-9-16-15(17-12)13-8-10-18(11-13)14-5-3-2-4-6-14/h7,9,13-14H,2-6,8,10-11H2,1H3/t13-/m0/s1. The summed E-state index contributed by atoms with van der Waals surface area (Å²) in [6, 6.07) is 2.82. The van der Waals surface area contributed by atoms with Crippen molar-refractivity contribution in [2.75, 3.05) is 13.1 Å². The van der Waals surface area contributed by atoms with Crippen LogP contribution in [0.25, 0.3) is 0 Å². The van der Waals surface area contributed by atoms with E-state index >= 15 is 0 Å². The summed E-state index contributed by atoms with van der Waals surface area (Å²) in [7, 11) is 0. The highest BCUT2D eigenvalue weighted by Crippen LogP contribution is 2.31. The first-order valence-corrected chi connectivity index (χ1v) is 7.36. The molecule has 1 aliphatic heterocycles. The summed E-state index contributed by atoms with van der Waals surface area (Å²) >= 11 is 0. The van der Waals surface area contributed by atoms with Crippen LogP contribution in [0.5, 0.6) is 0 Å². The van der Waals surface area contributed by atoms with Crippen LogP contribution >= 0.6 is 0 Å². The third-order valence-electron chi connectivity index (χ3n) is 4.49. The van der Waals surface area contributed by atoms with Gasteiger partial charge in [-0.2, -0.15) is 0 Å². The first-order chi connectivity index (χ1) is 8.83. The molecule has 0 bridgehead atoms. The van der Waals surface area contributed by atoms with Crippen LogP contribution in [0.1, 0.15) is 56.0 Å². The molecule has 98 valence electrons. The predicted molar refractivity (Wildman–Crippen MR) is 72.6 cm³/mol. The Morgan fingerprint density at radius 2 is 2.00 bits per heavy atom. The Balaban J connectivity index is 1.64. The molecule has 0 amide bonds. The average Bonchev–Trinajstić information content (AvgIpc) is 2.89. The third kappa shape index (κ3) is 2.56. The molecule has 1 aliphatic carbocycles. The Morgan fingerprint density at radius 3 is 2.78 bits per heavy atom. The van der Waals surface area contributed by atoms with Gasteiger partial charge >= 0.3 is 0 Å². The molecule has 0 radical (unpaired) electrons. The number of hydrogen-bond acceptors (Lipinski definition) is 3. The van der Waals surface area contributed by atoms with Gasteiger partial charge in [0.2, 0.25) is 0 Å². The second-order valence-electron chi connectivity index (χ2n) is 5.83. The van der Waals surface area contributed by atoms with Crippen LogP contribution in [0.2, 0.25) is 0 Å². The minimum atomic E-state index is 0.562. The van der Waals surface area contributed by atoms with Crippen molar-refractivity contribution in [1.29, 1.82) is 0 Å². The Kier molecular flexibility index (Phi) is 3.59. The molecule has 18 heavy (non-hydrogen) atoms. The molecular weight excluding hydrogens is 222 g/mol. The highest BCUT2D eigenvalue weighted by atomic mass is 15.2. The van der Waals surface area contributed by atoms with Gasteiger partial charge in [0.05, 0.1) is 0 Å². The number of aromatic nitrogens is 2. The first kappa shape index (κ1) is 12.1. The van der Waals surface area contributed by atoms with Crippen LogP contribution in [0, 0.1) is 6.92 Å². The van der Waals surface area contributed by atoms with Crippen molar-refractivity contribution in [3.63, 3.8) is 0 Å². The molecule has 3 heteroatoms. The van der Waals surface area contributed by atoms with Gasteiger partial charge in [-0.05, 0) is 38.8 Å². The zero-order valence-corrected chi connectivity index (χ0v) is 11.3. The van der Waals surface area contributed by atoms with Gasteiger partial charge in [-0.25, -0.2) is 9.97 Å².